The van der Waals surface area contributed by atoms with Crippen molar-refractivity contribution < 1.29 is 9.59 Å². The van der Waals surface area contributed by atoms with Crippen molar-refractivity contribution in [1.82, 2.24) is 20.2 Å². The number of amides is 2. The first kappa shape index (κ1) is 13.1. The quantitative estimate of drug-likeness (QED) is 0.598. The summed E-state index contributed by atoms with van der Waals surface area (Å²) in [4.78, 5) is 52.0. The molecule has 102 valence electrons. The molecule has 0 radical (unpaired) electrons. The van der Waals surface area contributed by atoms with Gasteiger partial charge in [0.15, 0.2) is 0 Å². The van der Waals surface area contributed by atoms with Crippen LogP contribution in [0, 0.1) is 0 Å². The highest BCUT2D eigenvalue weighted by molar-refractivity contribution is 5.97. The topological polar surface area (TPSA) is 115 Å². The molecule has 0 aliphatic carbocycles. The van der Waals surface area contributed by atoms with Gasteiger partial charge in [0.25, 0.3) is 11.5 Å². The fourth-order valence-corrected chi connectivity index (χ4v) is 2.09. The van der Waals surface area contributed by atoms with E-state index in [1.807, 2.05) is 4.98 Å². The number of aromatic nitrogens is 2. The number of carbonyl (C=O) groups is 2. The van der Waals surface area contributed by atoms with E-state index in [-0.39, 0.29) is 11.5 Å². The van der Waals surface area contributed by atoms with Crippen LogP contribution in [0.5, 0.6) is 0 Å². The molecule has 2 rings (SSSR count). The molecule has 1 atom stereocenters. The molecule has 1 aliphatic heterocycles. The Balaban J connectivity index is 2.34. The van der Waals surface area contributed by atoms with Gasteiger partial charge in [-0.2, -0.15) is 0 Å². The van der Waals surface area contributed by atoms with Crippen molar-refractivity contribution in [3.05, 3.63) is 32.6 Å². The largest absolute Gasteiger partial charge is 0.353 e. The molecule has 8 heteroatoms. The van der Waals surface area contributed by atoms with Crippen molar-refractivity contribution >= 4 is 11.8 Å². The normalized spacial score (nSPS) is 19.1. The van der Waals surface area contributed by atoms with E-state index in [0.717, 1.165) is 6.20 Å². The van der Waals surface area contributed by atoms with Gasteiger partial charge in [0.2, 0.25) is 5.91 Å². The third kappa shape index (κ3) is 2.42. The minimum absolute atomic E-state index is 0.173. The molecule has 0 aromatic carbocycles. The number of rotatable bonds is 2. The standard InChI is InChI=1S/C11H14N4O4/c1-2-7-9(17)12-3-4-15(7)10(18)6-5-13-11(19)14-8(6)16/h5,7H,2-4H2,1H3,(H,12,17)(H2,13,14,16,19). The van der Waals surface area contributed by atoms with Gasteiger partial charge in [0.1, 0.15) is 11.6 Å². The minimum Gasteiger partial charge on any atom is -0.353 e. The number of aromatic amines is 2. The number of hydrogen-bond acceptors (Lipinski definition) is 4. The van der Waals surface area contributed by atoms with Crippen molar-refractivity contribution in [2.45, 2.75) is 19.4 Å². The van der Waals surface area contributed by atoms with Crippen molar-refractivity contribution in [1.29, 1.82) is 0 Å². The highest BCUT2D eigenvalue weighted by atomic mass is 16.2. The second kappa shape index (κ2) is 5.09. The average molecular weight is 266 g/mol. The highest BCUT2D eigenvalue weighted by Crippen LogP contribution is 2.11. The van der Waals surface area contributed by atoms with Gasteiger partial charge in [-0.3, -0.25) is 19.4 Å². The monoisotopic (exact) mass is 266 g/mol. The molecule has 0 saturated carbocycles. The van der Waals surface area contributed by atoms with Gasteiger partial charge in [0.05, 0.1) is 0 Å². The zero-order valence-electron chi connectivity index (χ0n) is 10.4. The predicted octanol–water partition coefficient (Wildman–Crippen LogP) is -1.59. The van der Waals surface area contributed by atoms with Crippen molar-refractivity contribution in [3.63, 3.8) is 0 Å². The maximum absolute atomic E-state index is 12.3. The summed E-state index contributed by atoms with van der Waals surface area (Å²) in [6.45, 7) is 2.47. The molecule has 19 heavy (non-hydrogen) atoms. The van der Waals surface area contributed by atoms with E-state index in [0.29, 0.717) is 19.5 Å². The third-order valence-electron chi connectivity index (χ3n) is 3.03. The van der Waals surface area contributed by atoms with Crippen LogP contribution in [0.1, 0.15) is 23.7 Å². The molecule has 2 heterocycles. The second-order valence-corrected chi connectivity index (χ2v) is 4.20. The summed E-state index contributed by atoms with van der Waals surface area (Å²) in [5, 5.41) is 2.67. The number of carbonyl (C=O) groups excluding carboxylic acids is 2. The molecule has 1 aromatic rings. The summed E-state index contributed by atoms with van der Waals surface area (Å²) in [5.41, 5.74) is -1.60. The van der Waals surface area contributed by atoms with Gasteiger partial charge in [-0.25, -0.2) is 4.79 Å². The van der Waals surface area contributed by atoms with E-state index in [4.69, 9.17) is 0 Å². The highest BCUT2D eigenvalue weighted by Gasteiger charge is 2.33. The smallest absolute Gasteiger partial charge is 0.325 e. The average Bonchev–Trinajstić information content (AvgIpc) is 2.37. The second-order valence-electron chi connectivity index (χ2n) is 4.20. The van der Waals surface area contributed by atoms with Crippen LogP contribution in [0.25, 0.3) is 0 Å². The maximum Gasteiger partial charge on any atom is 0.325 e. The Hall–Kier alpha value is -2.38. The summed E-state index contributed by atoms with van der Waals surface area (Å²) in [7, 11) is 0. The predicted molar refractivity (Wildman–Crippen MR) is 65.8 cm³/mol. The molecule has 1 fully saturated rings. The molecule has 2 amide bonds. The van der Waals surface area contributed by atoms with Crippen LogP contribution < -0.4 is 16.6 Å². The first-order valence-corrected chi connectivity index (χ1v) is 5.95. The van der Waals surface area contributed by atoms with Gasteiger partial charge in [0, 0.05) is 19.3 Å². The molecule has 1 aliphatic rings. The Labute approximate surface area is 107 Å². The summed E-state index contributed by atoms with van der Waals surface area (Å²) < 4.78 is 0. The van der Waals surface area contributed by atoms with Gasteiger partial charge in [-0.1, -0.05) is 6.92 Å². The van der Waals surface area contributed by atoms with Crippen molar-refractivity contribution in [3.8, 4) is 0 Å². The van der Waals surface area contributed by atoms with Crippen LogP contribution in [0.2, 0.25) is 0 Å². The number of nitrogens with one attached hydrogen (secondary N) is 3. The van der Waals surface area contributed by atoms with Gasteiger partial charge in [-0.15, -0.1) is 0 Å². The van der Waals surface area contributed by atoms with Gasteiger partial charge >= 0.3 is 5.69 Å². The molecule has 3 N–H and O–H groups in total. The summed E-state index contributed by atoms with van der Waals surface area (Å²) >= 11 is 0. The SMILES string of the molecule is CCC1C(=O)NCCN1C(=O)c1c[nH]c(=O)[nH]c1=O. The van der Waals surface area contributed by atoms with E-state index >= 15 is 0 Å². The lowest BCUT2D eigenvalue weighted by molar-refractivity contribution is -0.127. The van der Waals surface area contributed by atoms with Gasteiger partial charge < -0.3 is 15.2 Å². The van der Waals surface area contributed by atoms with Crippen LogP contribution in [0.4, 0.5) is 0 Å². The Morgan fingerprint density at radius 2 is 2.16 bits per heavy atom. The molecule has 1 saturated heterocycles. The Bertz CT molecular complexity index is 618. The van der Waals surface area contributed by atoms with Crippen molar-refractivity contribution in [2.75, 3.05) is 13.1 Å². The van der Waals surface area contributed by atoms with Crippen LogP contribution in [-0.4, -0.2) is 45.8 Å². The van der Waals surface area contributed by atoms with E-state index in [2.05, 4.69) is 10.3 Å². The lowest BCUT2D eigenvalue weighted by Gasteiger charge is -2.34. The lowest BCUT2D eigenvalue weighted by Crippen LogP contribution is -2.57. The summed E-state index contributed by atoms with van der Waals surface area (Å²) in [5.74, 6) is -0.790. The maximum atomic E-state index is 12.3. The number of piperazine rings is 1. The molecule has 0 bridgehead atoms. The molecule has 1 unspecified atom stereocenters. The molecular weight excluding hydrogens is 252 g/mol. The Morgan fingerprint density at radius 3 is 2.79 bits per heavy atom. The number of H-pyrrole nitrogens is 2. The zero-order valence-corrected chi connectivity index (χ0v) is 10.4. The van der Waals surface area contributed by atoms with Crippen LogP contribution >= 0.6 is 0 Å². The fraction of sp³-hybridized carbons (Fsp3) is 0.455. The third-order valence-corrected chi connectivity index (χ3v) is 3.03. The van der Waals surface area contributed by atoms with Crippen molar-refractivity contribution in [2.24, 2.45) is 0 Å². The van der Waals surface area contributed by atoms with E-state index in [1.165, 1.54) is 4.90 Å². The lowest BCUT2D eigenvalue weighted by atomic mass is 10.1. The first-order chi connectivity index (χ1) is 9.04. The van der Waals surface area contributed by atoms with Crippen LogP contribution in [0.15, 0.2) is 15.8 Å². The zero-order chi connectivity index (χ0) is 14.0. The van der Waals surface area contributed by atoms with Crippen LogP contribution in [0.3, 0.4) is 0 Å². The molecule has 8 nitrogen and oxygen atoms in total. The van der Waals surface area contributed by atoms with E-state index < -0.39 is 23.2 Å². The number of nitrogens with zero attached hydrogens (tertiary/aromatic N) is 1. The molecule has 0 spiro atoms. The Kier molecular flexibility index (Phi) is 3.50. The number of hydrogen-bond donors (Lipinski definition) is 3. The summed E-state index contributed by atoms with van der Waals surface area (Å²) in [6.07, 6.45) is 1.53. The molecular formula is C11H14N4O4. The van der Waals surface area contributed by atoms with E-state index in [9.17, 15) is 19.2 Å². The van der Waals surface area contributed by atoms with Gasteiger partial charge in [-0.05, 0) is 6.42 Å². The van der Waals surface area contributed by atoms with E-state index in [1.54, 1.807) is 6.92 Å². The minimum atomic E-state index is -0.755. The van der Waals surface area contributed by atoms with Crippen LogP contribution in [-0.2, 0) is 4.79 Å². The Morgan fingerprint density at radius 1 is 1.42 bits per heavy atom. The summed E-state index contributed by atoms with van der Waals surface area (Å²) in [6, 6.07) is -0.590. The molecule has 1 aromatic heterocycles. The first-order valence-electron chi connectivity index (χ1n) is 5.95. The fourth-order valence-electron chi connectivity index (χ4n) is 2.09.